The second kappa shape index (κ2) is 11.9. The molecule has 3 N–H and O–H groups in total. The summed E-state index contributed by atoms with van der Waals surface area (Å²) in [4.78, 5) is 10.9. The molecule has 0 fully saturated rings. The minimum Gasteiger partial charge on any atom is -0.478 e. The average Bonchev–Trinajstić information content (AvgIpc) is 2.74. The fraction of sp³-hybridized carbons (Fsp3) is 0.850. The molecule has 0 aromatic heterocycles. The van der Waals surface area contributed by atoms with Crippen molar-refractivity contribution in [3.63, 3.8) is 0 Å². The predicted octanol–water partition coefficient (Wildman–Crippen LogP) is 7.19. The number of aliphatic hydroxyl groups excluding tert-OH is 2. The van der Waals surface area contributed by atoms with Gasteiger partial charge >= 0.3 is 53.6 Å². The molecule has 0 radical (unpaired) electrons. The fourth-order valence-corrected chi connectivity index (χ4v) is 3.00. The van der Waals surface area contributed by atoms with E-state index in [1.54, 1.807) is 13.8 Å². The van der Waals surface area contributed by atoms with Gasteiger partial charge in [0.1, 0.15) is 0 Å². The summed E-state index contributed by atoms with van der Waals surface area (Å²) in [6, 6.07) is 0. The molecule has 0 bridgehead atoms. The third-order valence-electron chi connectivity index (χ3n) is 5.45. The number of hydrogen-bond acceptors (Lipinski definition) is 3. The number of carboxylic acids is 1. The molecule has 0 aromatic rings. The molecule has 0 amide bonds. The number of rotatable bonds is 11. The summed E-state index contributed by atoms with van der Waals surface area (Å²) in [7, 11) is 0. The summed E-state index contributed by atoms with van der Waals surface area (Å²) >= 11 is 0. The van der Waals surface area contributed by atoms with E-state index in [-0.39, 0.29) is 13.0 Å². The van der Waals surface area contributed by atoms with Crippen LogP contribution in [0.5, 0.6) is 0 Å². The van der Waals surface area contributed by atoms with Crippen LogP contribution >= 0.6 is 0 Å². The number of aliphatic carboxylic acids is 1. The van der Waals surface area contributed by atoms with Gasteiger partial charge in [0, 0.05) is 11.7 Å². The van der Waals surface area contributed by atoms with Crippen LogP contribution < -0.4 is 0 Å². The minimum absolute atomic E-state index is 0.0854. The third-order valence-corrected chi connectivity index (χ3v) is 5.45. The number of alkyl halides is 17. The maximum absolute atomic E-state index is 14.8. The zero-order chi connectivity index (χ0) is 34.2. The minimum atomic E-state index is -8.78. The maximum Gasteiger partial charge on any atom is 0.460 e. The molecule has 0 aliphatic heterocycles. The van der Waals surface area contributed by atoms with Crippen LogP contribution in [-0.4, -0.2) is 81.1 Å². The Kier molecular flexibility index (Phi) is 11.9. The Hall–Kier alpha value is -2.06. The number of aliphatic hydroxyl groups is 2. The molecule has 0 aliphatic carbocycles. The molecule has 0 saturated heterocycles. The van der Waals surface area contributed by atoms with Gasteiger partial charge in [-0.25, -0.2) is 4.79 Å². The molecule has 2 atom stereocenters. The highest BCUT2D eigenvalue weighted by Gasteiger charge is 2.96. The first-order valence-corrected chi connectivity index (χ1v) is 10.6. The molecule has 246 valence electrons. The molecule has 0 aromatic carbocycles. The van der Waals surface area contributed by atoms with Gasteiger partial charge in [-0.15, -0.1) is 0 Å². The van der Waals surface area contributed by atoms with Crippen molar-refractivity contribution in [3.05, 3.63) is 11.6 Å². The number of hydrogen-bond donors (Lipinski definition) is 3. The van der Waals surface area contributed by atoms with Crippen LogP contribution in [0.15, 0.2) is 11.6 Å². The molecule has 0 heterocycles. The van der Waals surface area contributed by atoms with E-state index in [0.29, 0.717) is 13.8 Å². The van der Waals surface area contributed by atoms with Gasteiger partial charge in [0.25, 0.3) is 0 Å². The van der Waals surface area contributed by atoms with Gasteiger partial charge in [-0.1, -0.05) is 13.0 Å². The zero-order valence-electron chi connectivity index (χ0n) is 21.1. The van der Waals surface area contributed by atoms with Crippen LogP contribution in [0.25, 0.3) is 0 Å². The first-order valence-electron chi connectivity index (χ1n) is 10.6. The number of carboxylic acid groups (broad SMARTS) is 1. The van der Waals surface area contributed by atoms with Crippen molar-refractivity contribution in [2.24, 2.45) is 5.41 Å². The molecule has 0 spiro atoms. The normalized spacial score (nSPS) is 17.5. The molecule has 2 unspecified atom stereocenters. The maximum atomic E-state index is 14.8. The predicted molar refractivity (Wildman–Crippen MR) is 104 cm³/mol. The van der Waals surface area contributed by atoms with E-state index in [2.05, 4.69) is 0 Å². The largest absolute Gasteiger partial charge is 0.478 e. The monoisotopic (exact) mass is 650 g/mol. The van der Waals surface area contributed by atoms with E-state index < -0.39 is 83.2 Å². The van der Waals surface area contributed by atoms with Crippen molar-refractivity contribution >= 4 is 5.97 Å². The summed E-state index contributed by atoms with van der Waals surface area (Å²) in [5.74, 6) is -60.3. The molecule has 0 rings (SSSR count). The van der Waals surface area contributed by atoms with Gasteiger partial charge in [-0.2, -0.15) is 74.6 Å². The zero-order valence-corrected chi connectivity index (χ0v) is 21.1. The first kappa shape index (κ1) is 41.1. The van der Waals surface area contributed by atoms with E-state index in [4.69, 9.17) is 10.2 Å². The fourth-order valence-electron chi connectivity index (χ4n) is 3.00. The second-order valence-electron chi connectivity index (χ2n) is 8.81. The first-order chi connectivity index (χ1) is 17.6. The lowest BCUT2D eigenvalue weighted by Gasteiger charge is -2.48. The summed E-state index contributed by atoms with van der Waals surface area (Å²) in [6.07, 6.45) is -13.5. The number of halogens is 17. The highest BCUT2D eigenvalue weighted by molar-refractivity contribution is 5.86. The van der Waals surface area contributed by atoms with E-state index in [1.165, 1.54) is 0 Å². The summed E-state index contributed by atoms with van der Waals surface area (Å²) in [6.45, 7) is 4.19. The Balaban J connectivity index is 0. The van der Waals surface area contributed by atoms with Gasteiger partial charge in [-0.3, -0.25) is 0 Å². The van der Waals surface area contributed by atoms with Crippen molar-refractivity contribution < 1.29 is 94.8 Å². The van der Waals surface area contributed by atoms with E-state index in [1.807, 2.05) is 0 Å². The Morgan fingerprint density at radius 3 is 1.05 bits per heavy atom. The van der Waals surface area contributed by atoms with Crippen LogP contribution in [0.1, 0.15) is 41.0 Å². The quantitative estimate of drug-likeness (QED) is 0.164. The SMILES string of the molecule is CC(C)O.CCC(C=C(C)C(=O)O)(C(C)O)C(F)(F)C(F)(F)C(F)(F)C(F)(F)C(F)(F)C(F)(F)C(F)(F)C(F)(F)F. The van der Waals surface area contributed by atoms with Crippen LogP contribution in [-0.2, 0) is 4.79 Å². The summed E-state index contributed by atoms with van der Waals surface area (Å²) in [5.41, 5.74) is -5.82. The second-order valence-corrected chi connectivity index (χ2v) is 8.81. The lowest BCUT2D eigenvalue weighted by atomic mass is 9.69. The summed E-state index contributed by atoms with van der Waals surface area (Å²) < 4.78 is 230. The Bertz CT molecular complexity index is 936. The van der Waals surface area contributed by atoms with Crippen molar-refractivity contribution in [2.45, 2.75) is 101 Å². The molecule has 4 nitrogen and oxygen atoms in total. The topological polar surface area (TPSA) is 77.8 Å². The van der Waals surface area contributed by atoms with E-state index in [0.717, 1.165) is 0 Å². The standard InChI is InChI=1S/C17H15F17O3.C3H8O/c1-4-9(7(3)35,5-6(2)8(36)37)10(18,19)11(20,21)12(22,23)13(24,25)14(26,27)15(28,29)16(30,31)17(32,33)34;1-3(2)4/h5,7,35H,4H2,1-3H3,(H,36,37);3-4H,1-2H3. The van der Waals surface area contributed by atoms with Gasteiger partial charge in [0.05, 0.1) is 11.5 Å². The van der Waals surface area contributed by atoms with Gasteiger partial charge < -0.3 is 15.3 Å². The van der Waals surface area contributed by atoms with Crippen molar-refractivity contribution in [1.82, 2.24) is 0 Å². The van der Waals surface area contributed by atoms with Crippen molar-refractivity contribution in [1.29, 1.82) is 0 Å². The molecular formula is C20H23F17O4. The molecule has 21 heteroatoms. The van der Waals surface area contributed by atoms with Crippen molar-refractivity contribution in [2.75, 3.05) is 0 Å². The van der Waals surface area contributed by atoms with Crippen molar-refractivity contribution in [3.8, 4) is 0 Å². The highest BCUT2D eigenvalue weighted by Crippen LogP contribution is 2.66. The number of carbonyl (C=O) groups is 1. The average molecular weight is 650 g/mol. The van der Waals surface area contributed by atoms with Crippen LogP contribution in [0, 0.1) is 5.41 Å². The van der Waals surface area contributed by atoms with Gasteiger partial charge in [-0.05, 0) is 34.1 Å². The summed E-state index contributed by atoms with van der Waals surface area (Å²) in [5, 5.41) is 26.3. The lowest BCUT2D eigenvalue weighted by molar-refractivity contribution is -0.466. The van der Waals surface area contributed by atoms with Gasteiger partial charge in [0.2, 0.25) is 0 Å². The smallest absolute Gasteiger partial charge is 0.460 e. The lowest BCUT2D eigenvalue weighted by Crippen LogP contribution is -2.76. The Morgan fingerprint density at radius 2 is 0.854 bits per heavy atom. The molecule has 41 heavy (non-hydrogen) atoms. The third kappa shape index (κ3) is 6.34. The highest BCUT2D eigenvalue weighted by atomic mass is 19.4. The Morgan fingerprint density at radius 1 is 0.610 bits per heavy atom. The van der Waals surface area contributed by atoms with Crippen LogP contribution in [0.4, 0.5) is 74.6 Å². The van der Waals surface area contributed by atoms with Gasteiger partial charge in [0.15, 0.2) is 0 Å². The van der Waals surface area contributed by atoms with E-state index >= 15 is 0 Å². The molecule has 0 saturated carbocycles. The Labute approximate surface area is 219 Å². The molecule has 0 aliphatic rings. The molecular weight excluding hydrogens is 627 g/mol. The van der Waals surface area contributed by atoms with Crippen LogP contribution in [0.2, 0.25) is 0 Å². The van der Waals surface area contributed by atoms with E-state index in [9.17, 15) is 84.5 Å². The van der Waals surface area contributed by atoms with Crippen LogP contribution in [0.3, 0.4) is 0 Å².